The molecular weight excluding hydrogens is 568 g/mol. The van der Waals surface area contributed by atoms with Gasteiger partial charge in [-0.2, -0.15) is 0 Å². The zero-order valence-corrected chi connectivity index (χ0v) is 24.4. The molecule has 0 unspecified atom stereocenters. The monoisotopic (exact) mass is 598 g/mol. The van der Waals surface area contributed by atoms with Gasteiger partial charge in [0.2, 0.25) is 11.7 Å². The molecule has 1 fully saturated rings. The molecule has 11 heteroatoms. The summed E-state index contributed by atoms with van der Waals surface area (Å²) in [7, 11) is -4.10. The number of aromatic carboxylic acids is 1. The summed E-state index contributed by atoms with van der Waals surface area (Å²) in [6.07, 6.45) is 5.21. The van der Waals surface area contributed by atoms with Crippen molar-refractivity contribution in [1.29, 1.82) is 0 Å². The summed E-state index contributed by atoms with van der Waals surface area (Å²) in [4.78, 5) is 26.8. The molecule has 2 aromatic carbocycles. The average Bonchev–Trinajstić information content (AvgIpc) is 3.71. The minimum atomic E-state index is -4.10. The Balaban J connectivity index is 1.53. The van der Waals surface area contributed by atoms with Crippen LogP contribution in [0.3, 0.4) is 0 Å². The van der Waals surface area contributed by atoms with E-state index in [0.29, 0.717) is 33.0 Å². The number of rotatable bonds is 10. The number of halogens is 1. The molecule has 0 bridgehead atoms. The van der Waals surface area contributed by atoms with Gasteiger partial charge in [-0.05, 0) is 80.8 Å². The maximum absolute atomic E-state index is 14.0. The predicted octanol–water partition coefficient (Wildman–Crippen LogP) is 6.62. The van der Waals surface area contributed by atoms with Gasteiger partial charge in [0.15, 0.2) is 0 Å². The molecule has 0 aliphatic heterocycles. The Morgan fingerprint density at radius 1 is 1.07 bits per heavy atom. The molecule has 4 aromatic rings. The third kappa shape index (κ3) is 5.71. The van der Waals surface area contributed by atoms with Crippen LogP contribution in [0.5, 0.6) is 0 Å². The SMILES string of the molecule is CCN(c1ccc(Cl)cc1CN(Cc1ccco1)C(=O)C1CCCC1)S(=O)(=O)c1ccc2oc(C(=O)O)c(C)c2c1. The molecule has 9 nitrogen and oxygen atoms in total. The van der Waals surface area contributed by atoms with Crippen LogP contribution < -0.4 is 4.31 Å². The average molecular weight is 599 g/mol. The number of carbonyl (C=O) groups excluding carboxylic acids is 1. The van der Waals surface area contributed by atoms with Gasteiger partial charge in [0, 0.05) is 35.0 Å². The smallest absolute Gasteiger partial charge is 0.372 e. The maximum atomic E-state index is 14.0. The number of amides is 1. The van der Waals surface area contributed by atoms with Gasteiger partial charge in [0.1, 0.15) is 11.3 Å². The maximum Gasteiger partial charge on any atom is 0.372 e. The quantitative estimate of drug-likeness (QED) is 0.218. The van der Waals surface area contributed by atoms with Crippen molar-refractivity contribution in [2.75, 3.05) is 10.8 Å². The number of nitrogens with zero attached hydrogens (tertiary/aromatic N) is 2. The van der Waals surface area contributed by atoms with E-state index in [2.05, 4.69) is 0 Å². The standard InChI is InChI=1S/C30H31ClN2O7S/c1-3-33(41(37,38)24-11-13-27-25(16-24)19(2)28(40-27)30(35)36)26-12-10-22(31)15-21(26)17-32(18-23-9-6-14-39-23)29(34)20-7-4-5-8-20/h6,9-16,20H,3-5,7-8,17-18H2,1-2H3,(H,35,36). The highest BCUT2D eigenvalue weighted by Gasteiger charge is 2.31. The minimum Gasteiger partial charge on any atom is -0.475 e. The fraction of sp³-hybridized carbons (Fsp3) is 0.333. The first-order valence-electron chi connectivity index (χ1n) is 13.5. The Morgan fingerprint density at radius 2 is 1.83 bits per heavy atom. The van der Waals surface area contributed by atoms with Gasteiger partial charge >= 0.3 is 5.97 Å². The molecule has 216 valence electrons. The van der Waals surface area contributed by atoms with E-state index >= 15 is 0 Å². The van der Waals surface area contributed by atoms with E-state index in [1.165, 1.54) is 22.5 Å². The summed E-state index contributed by atoms with van der Waals surface area (Å²) in [5, 5.41) is 10.2. The summed E-state index contributed by atoms with van der Waals surface area (Å²) in [5.41, 5.74) is 1.61. The lowest BCUT2D eigenvalue weighted by molar-refractivity contribution is -0.136. The van der Waals surface area contributed by atoms with Crippen LogP contribution in [-0.2, 0) is 27.9 Å². The first-order chi connectivity index (χ1) is 19.6. The Bertz CT molecular complexity index is 1690. The molecular formula is C30H31ClN2O7S. The summed E-state index contributed by atoms with van der Waals surface area (Å²) in [6.45, 7) is 3.80. The van der Waals surface area contributed by atoms with Crippen molar-refractivity contribution in [3.8, 4) is 0 Å². The van der Waals surface area contributed by atoms with Crippen LogP contribution in [0.2, 0.25) is 5.02 Å². The van der Waals surface area contributed by atoms with Gasteiger partial charge in [-0.3, -0.25) is 9.10 Å². The fourth-order valence-corrected chi connectivity index (χ4v) is 7.26. The molecule has 0 spiro atoms. The molecule has 2 aromatic heterocycles. The number of aryl methyl sites for hydroxylation is 1. The van der Waals surface area contributed by atoms with Gasteiger partial charge in [-0.25, -0.2) is 13.2 Å². The van der Waals surface area contributed by atoms with Crippen molar-refractivity contribution < 1.29 is 31.9 Å². The van der Waals surface area contributed by atoms with Crippen molar-refractivity contribution in [3.05, 3.63) is 82.5 Å². The number of anilines is 1. The second-order valence-corrected chi connectivity index (χ2v) is 12.5. The highest BCUT2D eigenvalue weighted by Crippen LogP contribution is 2.34. The minimum absolute atomic E-state index is 0.00542. The third-order valence-electron chi connectivity index (χ3n) is 7.59. The van der Waals surface area contributed by atoms with Crippen LogP contribution in [-0.4, -0.2) is 36.8 Å². The molecule has 1 aliphatic carbocycles. The molecule has 0 saturated heterocycles. The number of carbonyl (C=O) groups is 2. The summed E-state index contributed by atoms with van der Waals surface area (Å²) < 4.78 is 40.3. The largest absolute Gasteiger partial charge is 0.475 e. The predicted molar refractivity (Wildman–Crippen MR) is 154 cm³/mol. The van der Waals surface area contributed by atoms with Crippen molar-refractivity contribution in [1.82, 2.24) is 4.90 Å². The molecule has 5 rings (SSSR count). The van der Waals surface area contributed by atoms with Crippen LogP contribution in [0.1, 0.15) is 60.0 Å². The van der Waals surface area contributed by atoms with Crippen LogP contribution in [0.4, 0.5) is 5.69 Å². The molecule has 2 heterocycles. The lowest BCUT2D eigenvalue weighted by Crippen LogP contribution is -2.36. The molecule has 1 amide bonds. The Labute approximate surface area is 243 Å². The summed E-state index contributed by atoms with van der Waals surface area (Å²) >= 11 is 6.39. The van der Waals surface area contributed by atoms with E-state index in [0.717, 1.165) is 25.7 Å². The van der Waals surface area contributed by atoms with Gasteiger partial charge in [0.05, 0.1) is 23.4 Å². The second kappa shape index (κ2) is 11.6. The number of furan rings is 2. The third-order valence-corrected chi connectivity index (χ3v) is 9.71. The number of fused-ring (bicyclic) bond motifs is 1. The normalized spacial score (nSPS) is 14.0. The van der Waals surface area contributed by atoms with E-state index in [1.807, 2.05) is 0 Å². The van der Waals surface area contributed by atoms with Crippen molar-refractivity contribution >= 4 is 50.2 Å². The lowest BCUT2D eigenvalue weighted by Gasteiger charge is -2.29. The van der Waals surface area contributed by atoms with E-state index in [-0.39, 0.29) is 47.7 Å². The van der Waals surface area contributed by atoms with Gasteiger partial charge in [-0.1, -0.05) is 24.4 Å². The van der Waals surface area contributed by atoms with E-state index in [1.54, 1.807) is 55.3 Å². The number of benzene rings is 2. The van der Waals surface area contributed by atoms with Crippen molar-refractivity contribution in [3.63, 3.8) is 0 Å². The lowest BCUT2D eigenvalue weighted by atomic mass is 10.1. The molecule has 0 radical (unpaired) electrons. The van der Waals surface area contributed by atoms with Gasteiger partial charge in [0.25, 0.3) is 10.0 Å². The van der Waals surface area contributed by atoms with Crippen molar-refractivity contribution in [2.45, 2.75) is 57.5 Å². The molecule has 1 N–H and O–H groups in total. The number of hydrogen-bond donors (Lipinski definition) is 1. The highest BCUT2D eigenvalue weighted by atomic mass is 35.5. The zero-order chi connectivity index (χ0) is 29.3. The molecule has 1 aliphatic rings. The topological polar surface area (TPSA) is 121 Å². The second-order valence-electron chi connectivity index (χ2n) is 10.2. The Hall–Kier alpha value is -3.76. The van der Waals surface area contributed by atoms with Gasteiger partial charge in [-0.15, -0.1) is 0 Å². The van der Waals surface area contributed by atoms with E-state index in [4.69, 9.17) is 20.4 Å². The van der Waals surface area contributed by atoms with E-state index in [9.17, 15) is 23.1 Å². The van der Waals surface area contributed by atoms with Crippen molar-refractivity contribution in [2.24, 2.45) is 5.92 Å². The zero-order valence-electron chi connectivity index (χ0n) is 22.8. The summed E-state index contributed by atoms with van der Waals surface area (Å²) in [6, 6.07) is 12.8. The first-order valence-corrected chi connectivity index (χ1v) is 15.3. The van der Waals surface area contributed by atoms with E-state index < -0.39 is 16.0 Å². The fourth-order valence-electron chi connectivity index (χ4n) is 5.52. The summed E-state index contributed by atoms with van der Waals surface area (Å²) in [5.74, 6) is -0.907. The molecule has 1 saturated carbocycles. The number of carboxylic acids is 1. The number of hydrogen-bond acceptors (Lipinski definition) is 6. The van der Waals surface area contributed by atoms with Crippen LogP contribution in [0.15, 0.2) is 68.5 Å². The molecule has 0 atom stereocenters. The number of sulfonamides is 1. The van der Waals surface area contributed by atoms with Gasteiger partial charge < -0.3 is 18.8 Å². The Morgan fingerprint density at radius 3 is 2.49 bits per heavy atom. The van der Waals surface area contributed by atoms with Crippen LogP contribution in [0.25, 0.3) is 11.0 Å². The van der Waals surface area contributed by atoms with Crippen LogP contribution >= 0.6 is 11.6 Å². The number of carboxylic acid groups (broad SMARTS) is 1. The molecule has 41 heavy (non-hydrogen) atoms. The Kier molecular flexibility index (Phi) is 8.15. The first kappa shape index (κ1) is 28.8. The highest BCUT2D eigenvalue weighted by molar-refractivity contribution is 7.92. The van der Waals surface area contributed by atoms with Crippen LogP contribution in [0, 0.1) is 12.8 Å².